The number of nitrogens with one attached hydrogen (secondary N) is 1. The van der Waals surface area contributed by atoms with Gasteiger partial charge in [0.1, 0.15) is 11.5 Å². The molecule has 1 atom stereocenters. The Balaban J connectivity index is 1.47. The lowest BCUT2D eigenvalue weighted by molar-refractivity contribution is -0.116. The van der Waals surface area contributed by atoms with Crippen LogP contribution in [0.1, 0.15) is 35.2 Å². The van der Waals surface area contributed by atoms with Gasteiger partial charge in [-0.2, -0.15) is 0 Å². The Morgan fingerprint density at radius 2 is 2.08 bits per heavy atom. The molecule has 0 fully saturated rings. The van der Waals surface area contributed by atoms with Crippen LogP contribution in [0.3, 0.4) is 0 Å². The van der Waals surface area contributed by atoms with Gasteiger partial charge in [-0.15, -0.1) is 0 Å². The molecule has 2 heterocycles. The number of carbonyl (C=O) groups is 1. The molecule has 6 nitrogen and oxygen atoms in total. The highest BCUT2D eigenvalue weighted by molar-refractivity contribution is 5.91. The molecule has 1 aromatic carbocycles. The van der Waals surface area contributed by atoms with Crippen molar-refractivity contribution >= 4 is 12.0 Å². The molecule has 1 aromatic heterocycles. The monoisotopic (exact) mass is 343 g/mol. The van der Waals surface area contributed by atoms with Crippen LogP contribution >= 0.6 is 0 Å². The second-order valence-electron chi connectivity index (χ2n) is 5.91. The number of hydrogen-bond acceptors (Lipinski definition) is 5. The normalized spacial score (nSPS) is 14.0. The lowest BCUT2D eigenvalue weighted by Gasteiger charge is -2.09. The van der Waals surface area contributed by atoms with Crippen LogP contribution in [0.5, 0.6) is 11.5 Å². The fourth-order valence-corrected chi connectivity index (χ4v) is 2.72. The van der Waals surface area contributed by atoms with Gasteiger partial charge in [0, 0.05) is 18.2 Å². The van der Waals surface area contributed by atoms with Gasteiger partial charge in [0.25, 0.3) is 0 Å². The van der Waals surface area contributed by atoms with Gasteiger partial charge in [-0.1, -0.05) is 6.07 Å². The first-order chi connectivity index (χ1) is 12.0. The molecule has 0 saturated heterocycles. The van der Waals surface area contributed by atoms with Crippen LogP contribution in [0.2, 0.25) is 0 Å². The molecule has 0 unspecified atom stereocenters. The number of hydrogen-bond donors (Lipinski definition) is 2. The van der Waals surface area contributed by atoms with Crippen molar-refractivity contribution in [1.29, 1.82) is 0 Å². The summed E-state index contributed by atoms with van der Waals surface area (Å²) in [6.45, 7) is 4.25. The third kappa shape index (κ3) is 4.22. The first-order valence-corrected chi connectivity index (χ1v) is 8.13. The van der Waals surface area contributed by atoms with Crippen molar-refractivity contribution in [3.8, 4) is 11.5 Å². The van der Waals surface area contributed by atoms with Crippen LogP contribution in [-0.4, -0.2) is 24.4 Å². The highest BCUT2D eigenvalue weighted by atomic mass is 16.7. The second kappa shape index (κ2) is 7.44. The number of aliphatic hydroxyl groups is 1. The van der Waals surface area contributed by atoms with E-state index in [1.54, 1.807) is 6.08 Å². The Morgan fingerprint density at radius 3 is 2.84 bits per heavy atom. The van der Waals surface area contributed by atoms with Crippen molar-refractivity contribution in [2.45, 2.75) is 26.4 Å². The Bertz CT molecular complexity index is 793. The summed E-state index contributed by atoms with van der Waals surface area (Å²) in [7, 11) is 0. The average Bonchev–Trinajstić information content (AvgIpc) is 3.18. The lowest BCUT2D eigenvalue weighted by Crippen LogP contribution is -2.23. The highest BCUT2D eigenvalue weighted by Gasteiger charge is 2.14. The minimum absolute atomic E-state index is 0.218. The molecule has 2 N–H and O–H groups in total. The number of rotatable bonds is 6. The molecule has 0 aliphatic carbocycles. The maximum Gasteiger partial charge on any atom is 0.244 e. The standard InChI is InChI=1S/C19H21NO5/c1-12-9-15(13(2)25-12)16(21)7-8-20-19(22)6-4-14-3-5-17-18(10-14)24-11-23-17/h3-6,9-10,16,21H,7-8,11H2,1-2H3,(H,20,22)/b6-4+/t16-/m1/s1. The van der Waals surface area contributed by atoms with Crippen molar-refractivity contribution < 1.29 is 23.8 Å². The maximum absolute atomic E-state index is 11.9. The summed E-state index contributed by atoms with van der Waals surface area (Å²) < 4.78 is 15.9. The molecule has 0 spiro atoms. The van der Waals surface area contributed by atoms with Crippen molar-refractivity contribution in [3.63, 3.8) is 0 Å². The zero-order valence-electron chi connectivity index (χ0n) is 14.2. The summed E-state index contributed by atoms with van der Waals surface area (Å²) in [5.74, 6) is 2.64. The number of ether oxygens (including phenoxy) is 2. The summed E-state index contributed by atoms with van der Waals surface area (Å²) >= 11 is 0. The molecule has 132 valence electrons. The fraction of sp³-hybridized carbons (Fsp3) is 0.316. The lowest BCUT2D eigenvalue weighted by atomic mass is 10.1. The smallest absolute Gasteiger partial charge is 0.244 e. The quantitative estimate of drug-likeness (QED) is 0.788. The van der Waals surface area contributed by atoms with Crippen molar-refractivity contribution in [2.24, 2.45) is 0 Å². The molecule has 0 saturated carbocycles. The number of carbonyl (C=O) groups excluding carboxylic acids is 1. The first-order valence-electron chi connectivity index (χ1n) is 8.13. The van der Waals surface area contributed by atoms with E-state index in [1.165, 1.54) is 6.08 Å². The molecular formula is C19H21NO5. The predicted molar refractivity (Wildman–Crippen MR) is 92.4 cm³/mol. The predicted octanol–water partition coefficient (Wildman–Crippen LogP) is 2.88. The largest absolute Gasteiger partial charge is 0.466 e. The van der Waals surface area contributed by atoms with Crippen LogP contribution in [0.25, 0.3) is 6.08 Å². The summed E-state index contributed by atoms with van der Waals surface area (Å²) in [4.78, 5) is 11.9. The third-order valence-corrected chi connectivity index (χ3v) is 3.98. The molecule has 3 rings (SSSR count). The molecule has 1 amide bonds. The van der Waals surface area contributed by atoms with Crippen LogP contribution in [0.4, 0.5) is 0 Å². The van der Waals surface area contributed by atoms with Gasteiger partial charge >= 0.3 is 0 Å². The van der Waals surface area contributed by atoms with Crippen molar-refractivity contribution in [2.75, 3.05) is 13.3 Å². The van der Waals surface area contributed by atoms with Gasteiger partial charge in [0.15, 0.2) is 11.5 Å². The van der Waals surface area contributed by atoms with Crippen LogP contribution < -0.4 is 14.8 Å². The molecule has 1 aliphatic rings. The van der Waals surface area contributed by atoms with Gasteiger partial charge in [0.05, 0.1) is 6.10 Å². The van der Waals surface area contributed by atoms with Gasteiger partial charge in [-0.25, -0.2) is 0 Å². The van der Waals surface area contributed by atoms with E-state index >= 15 is 0 Å². The van der Waals surface area contributed by atoms with Crippen LogP contribution in [0.15, 0.2) is 34.8 Å². The Hall–Kier alpha value is -2.73. The van der Waals surface area contributed by atoms with E-state index in [4.69, 9.17) is 13.9 Å². The van der Waals surface area contributed by atoms with E-state index in [0.29, 0.717) is 30.2 Å². The second-order valence-corrected chi connectivity index (χ2v) is 5.91. The van der Waals surface area contributed by atoms with Gasteiger partial charge in [0.2, 0.25) is 12.7 Å². The van der Waals surface area contributed by atoms with E-state index in [1.807, 2.05) is 38.1 Å². The summed E-state index contributed by atoms with van der Waals surface area (Å²) in [5.41, 5.74) is 1.62. The molecule has 2 aromatic rings. The highest BCUT2D eigenvalue weighted by Crippen LogP contribution is 2.32. The van der Waals surface area contributed by atoms with E-state index < -0.39 is 6.10 Å². The number of fused-ring (bicyclic) bond motifs is 1. The zero-order valence-corrected chi connectivity index (χ0v) is 14.2. The number of aryl methyl sites for hydroxylation is 2. The SMILES string of the molecule is Cc1cc([C@H](O)CCNC(=O)/C=C/c2ccc3c(c2)OCO3)c(C)o1. The summed E-state index contributed by atoms with van der Waals surface area (Å²) in [6, 6.07) is 7.30. The van der Waals surface area contributed by atoms with E-state index in [2.05, 4.69) is 5.32 Å². The van der Waals surface area contributed by atoms with Gasteiger partial charge in [-0.3, -0.25) is 4.79 Å². The molecule has 6 heteroatoms. The Kier molecular flexibility index (Phi) is 5.09. The maximum atomic E-state index is 11.9. The molecule has 1 aliphatic heterocycles. The fourth-order valence-electron chi connectivity index (χ4n) is 2.72. The molecule has 25 heavy (non-hydrogen) atoms. The van der Waals surface area contributed by atoms with Crippen molar-refractivity contribution in [1.82, 2.24) is 5.32 Å². The van der Waals surface area contributed by atoms with Crippen LogP contribution in [-0.2, 0) is 4.79 Å². The first kappa shape index (κ1) is 17.1. The minimum atomic E-state index is -0.657. The van der Waals surface area contributed by atoms with Crippen molar-refractivity contribution in [3.05, 3.63) is 53.0 Å². The third-order valence-electron chi connectivity index (χ3n) is 3.98. The Labute approximate surface area is 146 Å². The average molecular weight is 343 g/mol. The minimum Gasteiger partial charge on any atom is -0.466 e. The molecular weight excluding hydrogens is 322 g/mol. The van der Waals surface area contributed by atoms with Gasteiger partial charge in [-0.05, 0) is 50.1 Å². The number of furan rings is 1. The number of amides is 1. The molecule has 0 bridgehead atoms. The summed E-state index contributed by atoms with van der Waals surface area (Å²) in [5, 5.41) is 12.9. The topological polar surface area (TPSA) is 80.9 Å². The van der Waals surface area contributed by atoms with E-state index in [0.717, 1.165) is 16.9 Å². The zero-order chi connectivity index (χ0) is 17.8. The number of benzene rings is 1. The van der Waals surface area contributed by atoms with E-state index in [-0.39, 0.29) is 12.7 Å². The number of aliphatic hydroxyl groups excluding tert-OH is 1. The molecule has 0 radical (unpaired) electrons. The van der Waals surface area contributed by atoms with Crippen LogP contribution in [0, 0.1) is 13.8 Å². The van der Waals surface area contributed by atoms with E-state index in [9.17, 15) is 9.90 Å². The summed E-state index contributed by atoms with van der Waals surface area (Å²) in [6.07, 6.45) is 2.92. The Morgan fingerprint density at radius 1 is 1.28 bits per heavy atom. The van der Waals surface area contributed by atoms with Gasteiger partial charge < -0.3 is 24.3 Å².